The third-order valence-electron chi connectivity index (χ3n) is 4.07. The topological polar surface area (TPSA) is 79.5 Å². The normalized spacial score (nSPS) is 11.9. The van der Waals surface area contributed by atoms with Crippen molar-refractivity contribution in [3.05, 3.63) is 59.1 Å². The van der Waals surface area contributed by atoms with Crippen LogP contribution in [0.1, 0.15) is 73.9 Å². The summed E-state index contributed by atoms with van der Waals surface area (Å²) in [7, 11) is 0. The van der Waals surface area contributed by atoms with Crippen molar-refractivity contribution in [2.75, 3.05) is 5.32 Å². The Labute approximate surface area is 153 Å². The van der Waals surface area contributed by atoms with E-state index in [1.54, 1.807) is 12.1 Å². The predicted molar refractivity (Wildman–Crippen MR) is 103 cm³/mol. The van der Waals surface area contributed by atoms with Gasteiger partial charge in [-0.25, -0.2) is 4.79 Å². The van der Waals surface area contributed by atoms with Crippen LogP contribution in [0.3, 0.4) is 0 Å². The zero-order chi connectivity index (χ0) is 19.4. The minimum Gasteiger partial charge on any atom is -0.478 e. The molecule has 0 unspecified atom stereocenters. The average molecular weight is 355 g/mol. The summed E-state index contributed by atoms with van der Waals surface area (Å²) in [5.74, 6) is 0.966. The number of aromatic carboxylic acids is 1. The standard InChI is InChI=1S/C21H25NO4/c1-12(2)17-11-18(26-20(17)13(3)4)14(5)10-19(23)22-16-8-6-15(7-9-16)21(24)25/h6-13H,1-5H3,(H,22,23)(H,24,25). The van der Waals surface area contributed by atoms with Crippen molar-refractivity contribution in [3.63, 3.8) is 0 Å². The van der Waals surface area contributed by atoms with E-state index in [1.165, 1.54) is 18.2 Å². The maximum atomic E-state index is 12.2. The molecule has 0 atom stereocenters. The van der Waals surface area contributed by atoms with Crippen molar-refractivity contribution in [3.8, 4) is 0 Å². The summed E-state index contributed by atoms with van der Waals surface area (Å²) >= 11 is 0. The largest absolute Gasteiger partial charge is 0.478 e. The Balaban J connectivity index is 2.17. The first-order valence-electron chi connectivity index (χ1n) is 8.65. The summed E-state index contributed by atoms with van der Waals surface area (Å²) in [6, 6.07) is 8.02. The van der Waals surface area contributed by atoms with Gasteiger partial charge in [-0.05, 0) is 54.3 Å². The molecular formula is C21H25NO4. The summed E-state index contributed by atoms with van der Waals surface area (Å²) in [6.07, 6.45) is 1.48. The molecule has 0 saturated carbocycles. The molecule has 1 aromatic carbocycles. The molecular weight excluding hydrogens is 330 g/mol. The van der Waals surface area contributed by atoms with Crippen molar-refractivity contribution in [2.24, 2.45) is 0 Å². The van der Waals surface area contributed by atoms with Gasteiger partial charge in [0.15, 0.2) is 0 Å². The monoisotopic (exact) mass is 355 g/mol. The van der Waals surface area contributed by atoms with E-state index in [0.29, 0.717) is 17.4 Å². The number of benzene rings is 1. The van der Waals surface area contributed by atoms with Gasteiger partial charge in [-0.15, -0.1) is 0 Å². The van der Waals surface area contributed by atoms with Gasteiger partial charge in [-0.2, -0.15) is 0 Å². The summed E-state index contributed by atoms with van der Waals surface area (Å²) in [5.41, 5.74) is 2.60. The van der Waals surface area contributed by atoms with E-state index in [4.69, 9.17) is 9.52 Å². The number of hydrogen-bond donors (Lipinski definition) is 2. The molecule has 0 aliphatic carbocycles. The molecule has 5 nitrogen and oxygen atoms in total. The van der Waals surface area contributed by atoms with Crippen LogP contribution in [0, 0.1) is 0 Å². The third-order valence-corrected chi connectivity index (χ3v) is 4.07. The van der Waals surface area contributed by atoms with Crippen molar-refractivity contribution in [2.45, 2.75) is 46.5 Å². The van der Waals surface area contributed by atoms with Crippen molar-refractivity contribution >= 4 is 23.1 Å². The Morgan fingerprint density at radius 1 is 1.08 bits per heavy atom. The third kappa shape index (κ3) is 4.63. The highest BCUT2D eigenvalue weighted by Gasteiger charge is 2.17. The van der Waals surface area contributed by atoms with Crippen LogP contribution in [0.4, 0.5) is 5.69 Å². The van der Waals surface area contributed by atoms with Crippen LogP contribution in [-0.4, -0.2) is 17.0 Å². The number of carboxylic acid groups (broad SMARTS) is 1. The lowest BCUT2D eigenvalue weighted by molar-refractivity contribution is -0.111. The van der Waals surface area contributed by atoms with Gasteiger partial charge < -0.3 is 14.8 Å². The number of furan rings is 1. The average Bonchev–Trinajstić information content (AvgIpc) is 3.01. The molecule has 1 amide bonds. The summed E-state index contributed by atoms with van der Waals surface area (Å²) in [5, 5.41) is 11.6. The number of hydrogen-bond acceptors (Lipinski definition) is 3. The quantitative estimate of drug-likeness (QED) is 0.692. The summed E-state index contributed by atoms with van der Waals surface area (Å²) in [4.78, 5) is 23.1. The van der Waals surface area contributed by atoms with Gasteiger partial charge in [0.05, 0.1) is 5.56 Å². The highest BCUT2D eigenvalue weighted by atomic mass is 16.4. The van der Waals surface area contributed by atoms with Crippen LogP contribution in [0.15, 0.2) is 40.8 Å². The molecule has 0 bridgehead atoms. The van der Waals surface area contributed by atoms with Gasteiger partial charge in [0.2, 0.25) is 5.91 Å². The van der Waals surface area contributed by atoms with Gasteiger partial charge in [0.1, 0.15) is 11.5 Å². The van der Waals surface area contributed by atoms with E-state index in [1.807, 2.05) is 13.0 Å². The first-order chi connectivity index (χ1) is 12.2. The molecule has 0 aliphatic rings. The Morgan fingerprint density at radius 3 is 2.15 bits per heavy atom. The molecule has 2 aromatic rings. The maximum Gasteiger partial charge on any atom is 0.335 e. The fourth-order valence-electron chi connectivity index (χ4n) is 2.66. The Hall–Kier alpha value is -2.82. The van der Waals surface area contributed by atoms with Gasteiger partial charge in [-0.1, -0.05) is 27.7 Å². The number of amides is 1. The van der Waals surface area contributed by atoms with Gasteiger partial charge in [0, 0.05) is 17.7 Å². The van der Waals surface area contributed by atoms with Gasteiger partial charge in [0.25, 0.3) is 0 Å². The number of rotatable bonds is 6. The summed E-state index contributed by atoms with van der Waals surface area (Å²) in [6.45, 7) is 10.2. The van der Waals surface area contributed by atoms with Crippen LogP contribution in [0.25, 0.3) is 5.57 Å². The molecule has 138 valence electrons. The number of carboxylic acids is 1. The molecule has 26 heavy (non-hydrogen) atoms. The zero-order valence-electron chi connectivity index (χ0n) is 15.8. The molecule has 0 aliphatic heterocycles. The smallest absolute Gasteiger partial charge is 0.335 e. The molecule has 0 fully saturated rings. The predicted octanol–water partition coefficient (Wildman–Crippen LogP) is 5.27. The fraction of sp³-hybridized carbons (Fsp3) is 0.333. The number of carbonyl (C=O) groups is 2. The Bertz CT molecular complexity index is 801. The Kier molecular flexibility index (Phi) is 6.03. The number of carbonyl (C=O) groups excluding carboxylic acids is 1. The van der Waals surface area contributed by atoms with Crippen molar-refractivity contribution < 1.29 is 19.1 Å². The van der Waals surface area contributed by atoms with Crippen LogP contribution in [0.5, 0.6) is 0 Å². The second-order valence-electron chi connectivity index (χ2n) is 6.94. The highest BCUT2D eigenvalue weighted by Crippen LogP contribution is 2.32. The lowest BCUT2D eigenvalue weighted by Crippen LogP contribution is -2.08. The lowest BCUT2D eigenvalue weighted by Gasteiger charge is -2.07. The molecule has 0 radical (unpaired) electrons. The van der Waals surface area contributed by atoms with Crippen LogP contribution >= 0.6 is 0 Å². The second kappa shape index (κ2) is 8.04. The van der Waals surface area contributed by atoms with E-state index in [0.717, 1.165) is 16.9 Å². The molecule has 1 heterocycles. The molecule has 5 heteroatoms. The molecule has 0 saturated heterocycles. The van der Waals surface area contributed by atoms with Crippen molar-refractivity contribution in [1.82, 2.24) is 0 Å². The molecule has 1 aromatic heterocycles. The number of allylic oxidation sites excluding steroid dienone is 1. The van der Waals surface area contributed by atoms with E-state index in [-0.39, 0.29) is 17.4 Å². The maximum absolute atomic E-state index is 12.2. The van der Waals surface area contributed by atoms with Gasteiger partial charge >= 0.3 is 5.97 Å². The first-order valence-corrected chi connectivity index (χ1v) is 8.65. The van der Waals surface area contributed by atoms with E-state index in [2.05, 4.69) is 33.0 Å². The molecule has 2 rings (SSSR count). The number of nitrogens with one attached hydrogen (secondary N) is 1. The zero-order valence-corrected chi connectivity index (χ0v) is 15.8. The van der Waals surface area contributed by atoms with E-state index < -0.39 is 5.97 Å². The minimum atomic E-state index is -1.00. The van der Waals surface area contributed by atoms with E-state index in [9.17, 15) is 9.59 Å². The lowest BCUT2D eigenvalue weighted by atomic mass is 9.98. The SMILES string of the molecule is CC(=CC(=O)Nc1ccc(C(=O)O)cc1)c1cc(C(C)C)c(C(C)C)o1. The van der Waals surface area contributed by atoms with E-state index >= 15 is 0 Å². The molecule has 2 N–H and O–H groups in total. The Morgan fingerprint density at radius 2 is 1.69 bits per heavy atom. The molecule has 0 spiro atoms. The fourth-order valence-corrected chi connectivity index (χ4v) is 2.66. The van der Waals surface area contributed by atoms with Crippen molar-refractivity contribution in [1.29, 1.82) is 0 Å². The minimum absolute atomic E-state index is 0.174. The van der Waals surface area contributed by atoms with Gasteiger partial charge in [-0.3, -0.25) is 4.79 Å². The van der Waals surface area contributed by atoms with Crippen LogP contribution in [0.2, 0.25) is 0 Å². The summed E-state index contributed by atoms with van der Waals surface area (Å²) < 4.78 is 5.98. The highest BCUT2D eigenvalue weighted by molar-refractivity contribution is 6.03. The van der Waals surface area contributed by atoms with Crippen LogP contribution < -0.4 is 5.32 Å². The first kappa shape index (κ1) is 19.5. The second-order valence-corrected chi connectivity index (χ2v) is 6.94. The number of anilines is 1. The van der Waals surface area contributed by atoms with Crippen LogP contribution in [-0.2, 0) is 4.79 Å².